The van der Waals surface area contributed by atoms with Gasteiger partial charge in [0.25, 0.3) is 0 Å². The highest BCUT2D eigenvalue weighted by atomic mass is 15.1. The van der Waals surface area contributed by atoms with Crippen LogP contribution in [0.4, 0.5) is 11.8 Å². The number of pyridine rings is 1. The molecule has 100 valence electrons. The maximum absolute atomic E-state index is 5.76. The molecule has 0 spiro atoms. The van der Waals surface area contributed by atoms with Gasteiger partial charge in [-0.1, -0.05) is 18.2 Å². The van der Waals surface area contributed by atoms with Gasteiger partial charge in [-0.05, 0) is 19.1 Å². The molecule has 0 fully saturated rings. The second-order valence-corrected chi connectivity index (χ2v) is 4.57. The molecule has 20 heavy (non-hydrogen) atoms. The SMILES string of the molecule is CNc1cc(-c2cccc3nc(C)ccc23)nc(N)n1. The van der Waals surface area contributed by atoms with Gasteiger partial charge in [-0.3, -0.25) is 4.98 Å². The molecule has 0 bridgehead atoms. The lowest BCUT2D eigenvalue weighted by Crippen LogP contribution is -2.01. The Morgan fingerprint density at radius 3 is 2.70 bits per heavy atom. The van der Waals surface area contributed by atoms with Crippen molar-refractivity contribution in [1.82, 2.24) is 15.0 Å². The van der Waals surface area contributed by atoms with Crippen LogP contribution in [-0.2, 0) is 0 Å². The third kappa shape index (κ3) is 2.14. The van der Waals surface area contributed by atoms with Gasteiger partial charge in [0.05, 0.1) is 11.2 Å². The maximum atomic E-state index is 5.76. The fraction of sp³-hybridized carbons (Fsp3) is 0.133. The minimum atomic E-state index is 0.254. The molecule has 0 amide bonds. The number of nitrogens with two attached hydrogens (primary N) is 1. The zero-order chi connectivity index (χ0) is 14.1. The third-order valence-electron chi connectivity index (χ3n) is 3.15. The van der Waals surface area contributed by atoms with Crippen molar-refractivity contribution in [2.45, 2.75) is 6.92 Å². The molecule has 5 heteroatoms. The van der Waals surface area contributed by atoms with E-state index in [1.165, 1.54) is 0 Å². The Balaban J connectivity index is 2.26. The highest BCUT2D eigenvalue weighted by molar-refractivity contribution is 5.94. The van der Waals surface area contributed by atoms with Crippen molar-refractivity contribution < 1.29 is 0 Å². The number of nitrogens with one attached hydrogen (secondary N) is 1. The predicted molar refractivity (Wildman–Crippen MR) is 81.5 cm³/mol. The summed E-state index contributed by atoms with van der Waals surface area (Å²) in [4.78, 5) is 13.0. The molecule has 0 radical (unpaired) electrons. The zero-order valence-corrected chi connectivity index (χ0v) is 11.4. The van der Waals surface area contributed by atoms with E-state index in [2.05, 4.69) is 26.3 Å². The minimum absolute atomic E-state index is 0.254. The molecule has 0 unspecified atom stereocenters. The van der Waals surface area contributed by atoms with Gasteiger partial charge in [0.2, 0.25) is 5.95 Å². The Hall–Kier alpha value is -2.69. The molecule has 3 N–H and O–H groups in total. The Morgan fingerprint density at radius 1 is 1.05 bits per heavy atom. The standard InChI is InChI=1S/C15H15N5/c1-9-6-7-11-10(4-3-5-12(11)18-9)13-8-14(17-2)20-15(16)19-13/h3-8H,1-2H3,(H3,16,17,19,20). The summed E-state index contributed by atoms with van der Waals surface area (Å²) in [5, 5.41) is 4.04. The van der Waals surface area contributed by atoms with E-state index in [9.17, 15) is 0 Å². The van der Waals surface area contributed by atoms with Crippen LogP contribution in [0, 0.1) is 6.92 Å². The van der Waals surface area contributed by atoms with Gasteiger partial charge >= 0.3 is 0 Å². The van der Waals surface area contributed by atoms with Crippen molar-refractivity contribution in [3.05, 3.63) is 42.1 Å². The Bertz CT molecular complexity index is 782. The Morgan fingerprint density at radius 2 is 1.90 bits per heavy atom. The lowest BCUT2D eigenvalue weighted by Gasteiger charge is -2.08. The van der Waals surface area contributed by atoms with Gasteiger partial charge in [-0.2, -0.15) is 4.98 Å². The molecule has 0 saturated carbocycles. The number of hydrogen-bond acceptors (Lipinski definition) is 5. The third-order valence-corrected chi connectivity index (χ3v) is 3.15. The van der Waals surface area contributed by atoms with Crippen molar-refractivity contribution in [1.29, 1.82) is 0 Å². The largest absolute Gasteiger partial charge is 0.373 e. The summed E-state index contributed by atoms with van der Waals surface area (Å²) in [5.41, 5.74) is 9.50. The average molecular weight is 265 g/mol. The lowest BCUT2D eigenvalue weighted by molar-refractivity contribution is 1.18. The van der Waals surface area contributed by atoms with Crippen molar-refractivity contribution in [3.63, 3.8) is 0 Å². The van der Waals surface area contributed by atoms with E-state index in [-0.39, 0.29) is 5.95 Å². The summed E-state index contributed by atoms with van der Waals surface area (Å²) in [6.45, 7) is 1.98. The average Bonchev–Trinajstić information content (AvgIpc) is 2.45. The molecule has 2 heterocycles. The smallest absolute Gasteiger partial charge is 0.222 e. The number of anilines is 2. The van der Waals surface area contributed by atoms with Crippen LogP contribution >= 0.6 is 0 Å². The van der Waals surface area contributed by atoms with Crippen LogP contribution in [0.1, 0.15) is 5.69 Å². The van der Waals surface area contributed by atoms with E-state index in [1.807, 2.05) is 37.3 Å². The van der Waals surface area contributed by atoms with Crippen LogP contribution in [0.5, 0.6) is 0 Å². The summed E-state index contributed by atoms with van der Waals surface area (Å²) in [6, 6.07) is 11.9. The van der Waals surface area contributed by atoms with Gasteiger partial charge in [0.15, 0.2) is 0 Å². The quantitative estimate of drug-likeness (QED) is 0.744. The molecule has 0 aliphatic carbocycles. The fourth-order valence-electron chi connectivity index (χ4n) is 2.21. The van der Waals surface area contributed by atoms with E-state index < -0.39 is 0 Å². The summed E-state index contributed by atoms with van der Waals surface area (Å²) in [7, 11) is 1.81. The Kier molecular flexibility index (Phi) is 2.95. The van der Waals surface area contributed by atoms with E-state index in [0.29, 0.717) is 5.82 Å². The van der Waals surface area contributed by atoms with Crippen molar-refractivity contribution in [3.8, 4) is 11.3 Å². The first kappa shape index (κ1) is 12.3. The van der Waals surface area contributed by atoms with Crippen LogP contribution in [0.2, 0.25) is 0 Å². The molecular formula is C15H15N5. The van der Waals surface area contributed by atoms with Crippen LogP contribution in [0.15, 0.2) is 36.4 Å². The molecule has 5 nitrogen and oxygen atoms in total. The monoisotopic (exact) mass is 265 g/mol. The van der Waals surface area contributed by atoms with Crippen molar-refractivity contribution in [2.75, 3.05) is 18.1 Å². The molecule has 3 rings (SSSR count). The van der Waals surface area contributed by atoms with Gasteiger partial charge < -0.3 is 11.1 Å². The normalized spacial score (nSPS) is 10.7. The molecule has 0 aliphatic rings. The van der Waals surface area contributed by atoms with E-state index >= 15 is 0 Å². The number of nitrogens with zero attached hydrogens (tertiary/aromatic N) is 3. The number of fused-ring (bicyclic) bond motifs is 1. The first-order chi connectivity index (χ1) is 9.67. The van der Waals surface area contributed by atoms with Gasteiger partial charge in [0.1, 0.15) is 5.82 Å². The van der Waals surface area contributed by atoms with Crippen LogP contribution in [0.3, 0.4) is 0 Å². The zero-order valence-electron chi connectivity index (χ0n) is 11.4. The summed E-state index contributed by atoms with van der Waals surface area (Å²) < 4.78 is 0. The van der Waals surface area contributed by atoms with Crippen molar-refractivity contribution >= 4 is 22.7 Å². The van der Waals surface area contributed by atoms with Crippen LogP contribution in [0.25, 0.3) is 22.2 Å². The van der Waals surface area contributed by atoms with Crippen LogP contribution < -0.4 is 11.1 Å². The fourth-order valence-corrected chi connectivity index (χ4v) is 2.21. The predicted octanol–water partition coefficient (Wildman–Crippen LogP) is 2.62. The summed E-state index contributed by atoms with van der Waals surface area (Å²) in [5.74, 6) is 0.952. The maximum Gasteiger partial charge on any atom is 0.222 e. The molecular weight excluding hydrogens is 250 g/mol. The summed E-state index contributed by atoms with van der Waals surface area (Å²) >= 11 is 0. The molecule has 0 saturated heterocycles. The number of nitrogen functional groups attached to an aromatic ring is 1. The number of aromatic nitrogens is 3. The second-order valence-electron chi connectivity index (χ2n) is 4.57. The highest BCUT2D eigenvalue weighted by Crippen LogP contribution is 2.28. The van der Waals surface area contributed by atoms with Gasteiger partial charge in [-0.15, -0.1) is 0 Å². The summed E-state index contributed by atoms with van der Waals surface area (Å²) in [6.07, 6.45) is 0. The van der Waals surface area contributed by atoms with Crippen molar-refractivity contribution in [2.24, 2.45) is 0 Å². The first-order valence-electron chi connectivity index (χ1n) is 6.36. The minimum Gasteiger partial charge on any atom is -0.373 e. The number of rotatable bonds is 2. The topological polar surface area (TPSA) is 76.7 Å². The number of aryl methyl sites for hydroxylation is 1. The van der Waals surface area contributed by atoms with Gasteiger partial charge in [-0.25, -0.2) is 4.98 Å². The first-order valence-corrected chi connectivity index (χ1v) is 6.36. The number of benzene rings is 1. The van der Waals surface area contributed by atoms with Crippen LogP contribution in [-0.4, -0.2) is 22.0 Å². The molecule has 0 aliphatic heterocycles. The van der Waals surface area contributed by atoms with E-state index in [0.717, 1.165) is 27.9 Å². The van der Waals surface area contributed by atoms with E-state index in [4.69, 9.17) is 5.73 Å². The lowest BCUT2D eigenvalue weighted by atomic mass is 10.0. The number of hydrogen-bond donors (Lipinski definition) is 2. The molecule has 0 atom stereocenters. The second kappa shape index (κ2) is 4.77. The Labute approximate surface area is 116 Å². The molecule has 2 aromatic heterocycles. The highest BCUT2D eigenvalue weighted by Gasteiger charge is 2.08. The molecule has 3 aromatic rings. The van der Waals surface area contributed by atoms with E-state index in [1.54, 1.807) is 7.05 Å². The molecule has 1 aromatic carbocycles. The van der Waals surface area contributed by atoms with Gasteiger partial charge in [0, 0.05) is 29.8 Å².